The van der Waals surface area contributed by atoms with Crippen LogP contribution in [0.2, 0.25) is 0 Å². The molecule has 1 saturated heterocycles. The molecule has 4 nitrogen and oxygen atoms in total. The number of hydrogen-bond donors (Lipinski definition) is 3. The standard InChI is InChI=1S/C10H11NO.C3H7NO/c11-10(12)8-4-7-9-5-2-1-3-6-9;5-3-1-2-4-3/h1-7H,8H2,(H2,11,12);3-5H,1-2H2/b7-4+;. The molecule has 17 heavy (non-hydrogen) atoms. The van der Waals surface area contributed by atoms with Crippen molar-refractivity contribution < 1.29 is 9.90 Å². The largest absolute Gasteiger partial charge is 0.379 e. The Morgan fingerprint density at radius 3 is 2.47 bits per heavy atom. The van der Waals surface area contributed by atoms with E-state index in [0.717, 1.165) is 18.5 Å². The molecular weight excluding hydrogens is 216 g/mol. The Hall–Kier alpha value is -1.65. The lowest BCUT2D eigenvalue weighted by Gasteiger charge is -2.20. The molecule has 0 saturated carbocycles. The third-order valence-electron chi connectivity index (χ3n) is 2.23. The average molecular weight is 234 g/mol. The second-order valence-electron chi connectivity index (χ2n) is 3.74. The van der Waals surface area contributed by atoms with Gasteiger partial charge in [-0.3, -0.25) is 10.1 Å². The molecule has 1 fully saturated rings. The maximum absolute atomic E-state index is 10.4. The summed E-state index contributed by atoms with van der Waals surface area (Å²) in [4.78, 5) is 10.4. The zero-order chi connectivity index (χ0) is 12.5. The third kappa shape index (κ3) is 6.50. The first kappa shape index (κ1) is 13.4. The van der Waals surface area contributed by atoms with Gasteiger partial charge in [0.05, 0.1) is 0 Å². The van der Waals surface area contributed by atoms with E-state index in [1.165, 1.54) is 0 Å². The number of amides is 1. The molecule has 4 heteroatoms. The molecule has 92 valence electrons. The van der Waals surface area contributed by atoms with Crippen molar-refractivity contribution in [3.05, 3.63) is 42.0 Å². The summed E-state index contributed by atoms with van der Waals surface area (Å²) >= 11 is 0. The quantitative estimate of drug-likeness (QED) is 0.726. The van der Waals surface area contributed by atoms with Crippen LogP contribution < -0.4 is 11.1 Å². The van der Waals surface area contributed by atoms with Gasteiger partial charge in [0, 0.05) is 13.0 Å². The number of carbonyl (C=O) groups excluding carboxylic acids is 1. The molecule has 0 spiro atoms. The van der Waals surface area contributed by atoms with E-state index in [1.54, 1.807) is 6.08 Å². The van der Waals surface area contributed by atoms with Crippen molar-refractivity contribution in [3.63, 3.8) is 0 Å². The van der Waals surface area contributed by atoms with Crippen LogP contribution in [0, 0.1) is 0 Å². The number of hydrogen-bond acceptors (Lipinski definition) is 3. The lowest BCUT2D eigenvalue weighted by Crippen LogP contribution is -2.42. The maximum Gasteiger partial charge on any atom is 0.221 e. The van der Waals surface area contributed by atoms with E-state index in [4.69, 9.17) is 10.8 Å². The van der Waals surface area contributed by atoms with Crippen LogP contribution in [0.1, 0.15) is 18.4 Å². The van der Waals surface area contributed by atoms with Crippen LogP contribution in [0.5, 0.6) is 0 Å². The zero-order valence-electron chi connectivity index (χ0n) is 9.67. The summed E-state index contributed by atoms with van der Waals surface area (Å²) in [5.41, 5.74) is 6.05. The maximum atomic E-state index is 10.4. The van der Waals surface area contributed by atoms with E-state index in [0.29, 0.717) is 6.42 Å². The van der Waals surface area contributed by atoms with E-state index in [1.807, 2.05) is 36.4 Å². The van der Waals surface area contributed by atoms with Crippen molar-refractivity contribution in [2.45, 2.75) is 19.1 Å². The fraction of sp³-hybridized carbons (Fsp3) is 0.308. The smallest absolute Gasteiger partial charge is 0.221 e. The van der Waals surface area contributed by atoms with Gasteiger partial charge in [0.2, 0.25) is 5.91 Å². The Bertz CT molecular complexity index is 359. The van der Waals surface area contributed by atoms with Gasteiger partial charge in [-0.2, -0.15) is 0 Å². The summed E-state index contributed by atoms with van der Waals surface area (Å²) in [5, 5.41) is 11.1. The minimum absolute atomic E-state index is 0.185. The molecule has 1 aliphatic rings. The first-order chi connectivity index (χ1) is 8.18. The minimum Gasteiger partial charge on any atom is -0.379 e. The normalized spacial score (nSPS) is 18.1. The fourth-order valence-electron chi connectivity index (χ4n) is 1.15. The Labute approximate surface area is 101 Å². The molecule has 1 aromatic carbocycles. The van der Waals surface area contributed by atoms with Crippen molar-refractivity contribution in [3.8, 4) is 0 Å². The Balaban J connectivity index is 0.000000239. The van der Waals surface area contributed by atoms with Crippen molar-refractivity contribution in [2.75, 3.05) is 6.54 Å². The Morgan fingerprint density at radius 1 is 1.47 bits per heavy atom. The fourth-order valence-corrected chi connectivity index (χ4v) is 1.15. The molecule has 1 amide bonds. The third-order valence-corrected chi connectivity index (χ3v) is 2.23. The summed E-state index contributed by atoms with van der Waals surface area (Å²) in [7, 11) is 0. The van der Waals surface area contributed by atoms with Gasteiger partial charge in [-0.15, -0.1) is 0 Å². The number of rotatable bonds is 3. The van der Waals surface area contributed by atoms with Crippen molar-refractivity contribution in [1.29, 1.82) is 0 Å². The highest BCUT2D eigenvalue weighted by molar-refractivity contribution is 5.76. The van der Waals surface area contributed by atoms with Crippen LogP contribution in [0.25, 0.3) is 6.08 Å². The van der Waals surface area contributed by atoms with E-state index < -0.39 is 0 Å². The second-order valence-corrected chi connectivity index (χ2v) is 3.74. The first-order valence-electron chi connectivity index (χ1n) is 5.60. The Kier molecular flexibility index (Phi) is 5.99. The van der Waals surface area contributed by atoms with Gasteiger partial charge in [0.1, 0.15) is 6.23 Å². The summed E-state index contributed by atoms with van der Waals surface area (Å²) in [5.74, 6) is -0.304. The summed E-state index contributed by atoms with van der Waals surface area (Å²) < 4.78 is 0. The highest BCUT2D eigenvalue weighted by Crippen LogP contribution is 2.01. The lowest BCUT2D eigenvalue weighted by atomic mass is 10.2. The van der Waals surface area contributed by atoms with Gasteiger partial charge in [-0.25, -0.2) is 0 Å². The molecule has 0 aromatic heterocycles. The molecule has 0 bridgehead atoms. The highest BCUT2D eigenvalue weighted by Gasteiger charge is 2.09. The Morgan fingerprint density at radius 2 is 2.06 bits per heavy atom. The number of nitrogens with one attached hydrogen (secondary N) is 1. The first-order valence-corrected chi connectivity index (χ1v) is 5.60. The van der Waals surface area contributed by atoms with Crippen LogP contribution in [0.15, 0.2) is 36.4 Å². The summed E-state index contributed by atoms with van der Waals surface area (Å²) in [6, 6.07) is 9.79. The van der Waals surface area contributed by atoms with Crippen LogP contribution in [-0.4, -0.2) is 23.8 Å². The molecule has 2 rings (SSSR count). The van der Waals surface area contributed by atoms with Crippen LogP contribution in [-0.2, 0) is 4.79 Å². The number of primary amides is 1. The van der Waals surface area contributed by atoms with Gasteiger partial charge in [0.15, 0.2) is 0 Å². The van der Waals surface area contributed by atoms with Crippen molar-refractivity contribution >= 4 is 12.0 Å². The van der Waals surface area contributed by atoms with E-state index in [-0.39, 0.29) is 12.1 Å². The molecule has 0 radical (unpaired) electrons. The van der Waals surface area contributed by atoms with Gasteiger partial charge >= 0.3 is 0 Å². The average Bonchev–Trinajstić information content (AvgIpc) is 2.28. The lowest BCUT2D eigenvalue weighted by molar-refractivity contribution is -0.117. The van der Waals surface area contributed by atoms with Crippen molar-refractivity contribution in [2.24, 2.45) is 5.73 Å². The second kappa shape index (κ2) is 7.60. The molecule has 1 aliphatic heterocycles. The molecule has 4 N–H and O–H groups in total. The predicted molar refractivity (Wildman–Crippen MR) is 67.9 cm³/mol. The van der Waals surface area contributed by atoms with Crippen molar-refractivity contribution in [1.82, 2.24) is 5.32 Å². The molecule has 1 unspecified atom stereocenters. The van der Waals surface area contributed by atoms with Gasteiger partial charge < -0.3 is 10.8 Å². The number of benzene rings is 1. The monoisotopic (exact) mass is 234 g/mol. The summed E-state index contributed by atoms with van der Waals surface area (Å²) in [6.45, 7) is 0.987. The van der Waals surface area contributed by atoms with Crippen LogP contribution in [0.3, 0.4) is 0 Å². The van der Waals surface area contributed by atoms with E-state index in [2.05, 4.69) is 5.32 Å². The summed E-state index contributed by atoms with van der Waals surface area (Å²) in [6.07, 6.45) is 4.69. The molecule has 0 aliphatic carbocycles. The highest BCUT2D eigenvalue weighted by atomic mass is 16.3. The number of aliphatic hydroxyl groups is 1. The van der Waals surface area contributed by atoms with Crippen LogP contribution >= 0.6 is 0 Å². The van der Waals surface area contributed by atoms with Gasteiger partial charge in [-0.1, -0.05) is 42.5 Å². The number of aliphatic hydroxyl groups excluding tert-OH is 1. The molecule has 1 heterocycles. The number of carbonyl (C=O) groups is 1. The molecular formula is C13H18N2O2. The van der Waals surface area contributed by atoms with Gasteiger partial charge in [0.25, 0.3) is 0 Å². The SMILES string of the molecule is NC(=O)C/C=C/c1ccccc1.OC1CCN1. The topological polar surface area (TPSA) is 75.4 Å². The predicted octanol–water partition coefficient (Wildman–Crippen LogP) is 0.873. The van der Waals surface area contributed by atoms with Crippen LogP contribution in [0.4, 0.5) is 0 Å². The molecule has 1 atom stereocenters. The van der Waals surface area contributed by atoms with E-state index in [9.17, 15) is 4.79 Å². The van der Waals surface area contributed by atoms with E-state index >= 15 is 0 Å². The minimum atomic E-state index is -0.304. The molecule has 1 aromatic rings. The number of nitrogens with two attached hydrogens (primary N) is 1. The van der Waals surface area contributed by atoms with Gasteiger partial charge in [-0.05, 0) is 12.0 Å². The zero-order valence-corrected chi connectivity index (χ0v) is 9.67.